The van der Waals surface area contributed by atoms with Crippen LogP contribution in [0.2, 0.25) is 0 Å². The fourth-order valence-corrected chi connectivity index (χ4v) is 1.72. The maximum absolute atomic E-state index is 8.72. The van der Waals surface area contributed by atoms with Gasteiger partial charge in [0, 0.05) is 0 Å². The lowest BCUT2D eigenvalue weighted by atomic mass is 9.99. The Morgan fingerprint density at radius 1 is 1.00 bits per heavy atom. The molecule has 0 radical (unpaired) electrons. The van der Waals surface area contributed by atoms with E-state index in [0.717, 1.165) is 17.6 Å². The van der Waals surface area contributed by atoms with Gasteiger partial charge < -0.3 is 0 Å². The highest BCUT2D eigenvalue weighted by molar-refractivity contribution is 5.65. The minimum absolute atomic E-state index is 0.694. The zero-order valence-electron chi connectivity index (χ0n) is 9.56. The molecule has 1 heteroatoms. The van der Waals surface area contributed by atoms with Crippen molar-refractivity contribution in [1.29, 1.82) is 5.26 Å². The van der Waals surface area contributed by atoms with Gasteiger partial charge in [-0.25, -0.2) is 0 Å². The van der Waals surface area contributed by atoms with Crippen molar-refractivity contribution in [2.45, 2.75) is 6.42 Å². The van der Waals surface area contributed by atoms with Crippen molar-refractivity contribution in [2.75, 3.05) is 0 Å². The van der Waals surface area contributed by atoms with E-state index in [2.05, 4.69) is 24.8 Å². The summed E-state index contributed by atoms with van der Waals surface area (Å²) < 4.78 is 0. The summed E-state index contributed by atoms with van der Waals surface area (Å²) in [6.07, 6.45) is 0.815. The Balaban J connectivity index is 2.11. The molecular weight excluding hydrogens is 206 g/mol. The first kappa shape index (κ1) is 11.2. The van der Waals surface area contributed by atoms with Crippen molar-refractivity contribution < 1.29 is 0 Å². The molecule has 0 saturated heterocycles. The molecule has 0 amide bonds. The summed E-state index contributed by atoms with van der Waals surface area (Å²) in [4.78, 5) is 0. The Hall–Kier alpha value is -2.33. The van der Waals surface area contributed by atoms with Crippen LogP contribution < -0.4 is 0 Å². The highest BCUT2D eigenvalue weighted by Crippen LogP contribution is 2.17. The molecule has 0 aromatic heterocycles. The molecule has 2 aromatic carbocycles. The van der Waals surface area contributed by atoms with Crippen LogP contribution in [0.3, 0.4) is 0 Å². The van der Waals surface area contributed by atoms with E-state index in [1.807, 2.05) is 42.5 Å². The third-order valence-corrected chi connectivity index (χ3v) is 2.68. The predicted molar refractivity (Wildman–Crippen MR) is 70.3 cm³/mol. The van der Waals surface area contributed by atoms with Gasteiger partial charge in [0.1, 0.15) is 0 Å². The van der Waals surface area contributed by atoms with Gasteiger partial charge in [0.25, 0.3) is 0 Å². The molecule has 2 rings (SSSR count). The van der Waals surface area contributed by atoms with E-state index < -0.39 is 0 Å². The van der Waals surface area contributed by atoms with Crippen molar-refractivity contribution in [1.82, 2.24) is 0 Å². The molecule has 0 bridgehead atoms. The van der Waals surface area contributed by atoms with E-state index >= 15 is 0 Å². The third-order valence-electron chi connectivity index (χ3n) is 2.68. The van der Waals surface area contributed by atoms with Gasteiger partial charge in [-0.3, -0.25) is 0 Å². The van der Waals surface area contributed by atoms with E-state index in [1.54, 1.807) is 0 Å². The Labute approximate surface area is 102 Å². The number of hydrogen-bond acceptors (Lipinski definition) is 1. The first-order valence-electron chi connectivity index (χ1n) is 5.52. The standard InChI is InChI=1S/C16H13N/c1-13(16-5-3-2-4-6-16)11-14-7-9-15(12-17)10-8-14/h2-10H,1,11H2. The van der Waals surface area contributed by atoms with Gasteiger partial charge in [0.05, 0.1) is 11.6 Å². The van der Waals surface area contributed by atoms with E-state index in [1.165, 1.54) is 5.56 Å². The van der Waals surface area contributed by atoms with Crippen LogP contribution in [0.4, 0.5) is 0 Å². The van der Waals surface area contributed by atoms with Crippen LogP contribution in [-0.2, 0) is 6.42 Å². The average molecular weight is 219 g/mol. The number of rotatable bonds is 3. The van der Waals surface area contributed by atoms with Crippen LogP contribution in [0.1, 0.15) is 16.7 Å². The van der Waals surface area contributed by atoms with Crippen molar-refractivity contribution >= 4 is 5.57 Å². The zero-order valence-corrected chi connectivity index (χ0v) is 9.56. The molecule has 0 N–H and O–H groups in total. The predicted octanol–water partition coefficient (Wildman–Crippen LogP) is 3.81. The monoisotopic (exact) mass is 219 g/mol. The first-order valence-corrected chi connectivity index (χ1v) is 5.52. The second-order valence-electron chi connectivity index (χ2n) is 3.96. The lowest BCUT2D eigenvalue weighted by Gasteiger charge is -2.06. The minimum Gasteiger partial charge on any atom is -0.192 e. The lowest BCUT2D eigenvalue weighted by Crippen LogP contribution is -1.89. The largest absolute Gasteiger partial charge is 0.192 e. The first-order chi connectivity index (χ1) is 8.29. The fourth-order valence-electron chi connectivity index (χ4n) is 1.72. The van der Waals surface area contributed by atoms with E-state index in [4.69, 9.17) is 5.26 Å². The van der Waals surface area contributed by atoms with Gasteiger partial charge in [0.15, 0.2) is 0 Å². The van der Waals surface area contributed by atoms with Gasteiger partial charge in [0.2, 0.25) is 0 Å². The normalized spacial score (nSPS) is 9.59. The van der Waals surface area contributed by atoms with E-state index in [9.17, 15) is 0 Å². The molecule has 0 saturated carbocycles. The molecule has 0 heterocycles. The average Bonchev–Trinajstić information content (AvgIpc) is 2.40. The highest BCUT2D eigenvalue weighted by atomic mass is 14.2. The lowest BCUT2D eigenvalue weighted by molar-refractivity contribution is 1.28. The smallest absolute Gasteiger partial charge is 0.0991 e. The Morgan fingerprint density at radius 3 is 2.24 bits per heavy atom. The van der Waals surface area contributed by atoms with Gasteiger partial charge in [-0.1, -0.05) is 49.0 Å². The molecule has 2 aromatic rings. The Kier molecular flexibility index (Phi) is 3.37. The number of allylic oxidation sites excluding steroid dienone is 1. The summed E-state index contributed by atoms with van der Waals surface area (Å²) in [7, 11) is 0. The number of nitrogens with zero attached hydrogens (tertiary/aromatic N) is 1. The summed E-state index contributed by atoms with van der Waals surface area (Å²) in [5, 5.41) is 8.72. The number of hydrogen-bond donors (Lipinski definition) is 0. The third kappa shape index (κ3) is 2.83. The van der Waals surface area contributed by atoms with Crippen LogP contribution in [0.15, 0.2) is 61.2 Å². The number of nitriles is 1. The maximum atomic E-state index is 8.72. The van der Waals surface area contributed by atoms with Crippen molar-refractivity contribution in [2.24, 2.45) is 0 Å². The van der Waals surface area contributed by atoms with E-state index in [-0.39, 0.29) is 0 Å². The van der Waals surface area contributed by atoms with E-state index in [0.29, 0.717) is 5.56 Å². The molecule has 0 unspecified atom stereocenters. The van der Waals surface area contributed by atoms with Crippen molar-refractivity contribution in [3.8, 4) is 6.07 Å². The van der Waals surface area contributed by atoms with Gasteiger partial charge in [-0.2, -0.15) is 5.26 Å². The van der Waals surface area contributed by atoms with Crippen LogP contribution in [0, 0.1) is 11.3 Å². The Morgan fingerprint density at radius 2 is 1.65 bits per heavy atom. The molecule has 0 spiro atoms. The quantitative estimate of drug-likeness (QED) is 0.770. The SMILES string of the molecule is C=C(Cc1ccc(C#N)cc1)c1ccccc1. The zero-order chi connectivity index (χ0) is 12.1. The molecule has 82 valence electrons. The summed E-state index contributed by atoms with van der Waals surface area (Å²) in [5.41, 5.74) is 4.13. The molecule has 0 fully saturated rings. The molecule has 0 aliphatic carbocycles. The summed E-state index contributed by atoms with van der Waals surface area (Å²) >= 11 is 0. The molecular formula is C16H13N. The summed E-state index contributed by atoms with van der Waals surface area (Å²) in [6.45, 7) is 4.10. The summed E-state index contributed by atoms with van der Waals surface area (Å²) in [5.74, 6) is 0. The van der Waals surface area contributed by atoms with Gasteiger partial charge >= 0.3 is 0 Å². The van der Waals surface area contributed by atoms with Crippen molar-refractivity contribution in [3.05, 3.63) is 77.9 Å². The molecule has 17 heavy (non-hydrogen) atoms. The Bertz CT molecular complexity index is 544. The second kappa shape index (κ2) is 5.14. The number of benzene rings is 2. The van der Waals surface area contributed by atoms with Crippen molar-refractivity contribution in [3.63, 3.8) is 0 Å². The van der Waals surface area contributed by atoms with Gasteiger partial charge in [-0.05, 0) is 35.3 Å². The van der Waals surface area contributed by atoms with Gasteiger partial charge in [-0.15, -0.1) is 0 Å². The topological polar surface area (TPSA) is 23.8 Å². The summed E-state index contributed by atoms with van der Waals surface area (Å²) in [6, 6.07) is 19.9. The van der Waals surface area contributed by atoms with Crippen LogP contribution in [0.5, 0.6) is 0 Å². The maximum Gasteiger partial charge on any atom is 0.0991 e. The molecule has 1 nitrogen and oxygen atoms in total. The second-order valence-corrected chi connectivity index (χ2v) is 3.96. The molecule has 0 aliphatic heterocycles. The van der Waals surface area contributed by atoms with Crippen LogP contribution >= 0.6 is 0 Å². The van der Waals surface area contributed by atoms with Crippen LogP contribution in [-0.4, -0.2) is 0 Å². The van der Waals surface area contributed by atoms with Crippen LogP contribution in [0.25, 0.3) is 5.57 Å². The molecule has 0 atom stereocenters. The molecule has 0 aliphatic rings. The minimum atomic E-state index is 0.694. The highest BCUT2D eigenvalue weighted by Gasteiger charge is 2.00. The fraction of sp³-hybridized carbons (Fsp3) is 0.0625.